The monoisotopic (exact) mass is 310 g/mol. The fourth-order valence-corrected chi connectivity index (χ4v) is 2.05. The summed E-state index contributed by atoms with van der Waals surface area (Å²) in [6, 6.07) is 9.34. The molecule has 20 heavy (non-hydrogen) atoms. The lowest BCUT2D eigenvalue weighted by Gasteiger charge is -2.09. The van der Waals surface area contributed by atoms with Crippen LogP contribution in [0.1, 0.15) is 18.2 Å². The number of nitrogens with one attached hydrogen (secondary N) is 1. The Balaban J connectivity index is 1.95. The highest BCUT2D eigenvalue weighted by Gasteiger charge is 2.05. The summed E-state index contributed by atoms with van der Waals surface area (Å²) in [6.07, 6.45) is 1.71. The van der Waals surface area contributed by atoms with E-state index in [9.17, 15) is 0 Å². The van der Waals surface area contributed by atoms with Gasteiger partial charge in [0.15, 0.2) is 0 Å². The topological polar surface area (TPSA) is 34.1 Å². The molecule has 2 rings (SSSR count). The Morgan fingerprint density at radius 1 is 1.20 bits per heavy atom. The summed E-state index contributed by atoms with van der Waals surface area (Å²) >= 11 is 12.1. The lowest BCUT2D eigenvalue weighted by atomic mass is 10.2. The molecule has 1 heterocycles. The number of benzene rings is 1. The second-order valence-corrected chi connectivity index (χ2v) is 5.05. The molecule has 0 aliphatic heterocycles. The Morgan fingerprint density at radius 2 is 2.05 bits per heavy atom. The lowest BCUT2D eigenvalue weighted by Crippen LogP contribution is -2.12. The molecule has 0 fully saturated rings. The second kappa shape index (κ2) is 7.48. The molecule has 0 amide bonds. The van der Waals surface area contributed by atoms with E-state index in [-0.39, 0.29) is 0 Å². The SMILES string of the molecule is CCNCc1ccc(OCc2cccc(Cl)c2Cl)cn1. The molecule has 1 N–H and O–H groups in total. The van der Waals surface area contributed by atoms with Crippen molar-refractivity contribution in [3.63, 3.8) is 0 Å². The number of hydrogen-bond acceptors (Lipinski definition) is 3. The van der Waals surface area contributed by atoms with Gasteiger partial charge in [-0.15, -0.1) is 0 Å². The van der Waals surface area contributed by atoms with Gasteiger partial charge in [0.05, 0.1) is 21.9 Å². The molecule has 0 unspecified atom stereocenters. The maximum atomic E-state index is 6.11. The fraction of sp³-hybridized carbons (Fsp3) is 0.267. The number of rotatable bonds is 6. The standard InChI is InChI=1S/C15H16Cl2N2O/c1-2-18-8-12-6-7-13(9-19-12)20-10-11-4-3-5-14(16)15(11)17/h3-7,9,18H,2,8,10H2,1H3. The number of ether oxygens (including phenoxy) is 1. The van der Waals surface area contributed by atoms with Gasteiger partial charge in [-0.25, -0.2) is 0 Å². The number of halogens is 2. The number of pyridine rings is 1. The molecule has 0 atom stereocenters. The zero-order valence-electron chi connectivity index (χ0n) is 11.2. The Bertz CT molecular complexity index is 558. The first-order chi connectivity index (χ1) is 9.70. The normalized spacial score (nSPS) is 10.6. The second-order valence-electron chi connectivity index (χ2n) is 4.27. The van der Waals surface area contributed by atoms with Gasteiger partial charge < -0.3 is 10.1 Å². The van der Waals surface area contributed by atoms with E-state index >= 15 is 0 Å². The van der Waals surface area contributed by atoms with Crippen LogP contribution >= 0.6 is 23.2 Å². The molecule has 0 bridgehead atoms. The highest BCUT2D eigenvalue weighted by molar-refractivity contribution is 6.42. The van der Waals surface area contributed by atoms with E-state index in [1.165, 1.54) is 0 Å². The lowest BCUT2D eigenvalue weighted by molar-refractivity contribution is 0.305. The van der Waals surface area contributed by atoms with Gasteiger partial charge in [0, 0.05) is 12.1 Å². The van der Waals surface area contributed by atoms with Crippen molar-refractivity contribution in [2.45, 2.75) is 20.1 Å². The quantitative estimate of drug-likeness (QED) is 0.873. The van der Waals surface area contributed by atoms with Crippen molar-refractivity contribution < 1.29 is 4.74 Å². The van der Waals surface area contributed by atoms with Crippen LogP contribution in [0.4, 0.5) is 0 Å². The van der Waals surface area contributed by atoms with Crippen molar-refractivity contribution in [1.29, 1.82) is 0 Å². The first-order valence-electron chi connectivity index (χ1n) is 6.42. The van der Waals surface area contributed by atoms with Crippen LogP contribution in [0.15, 0.2) is 36.5 Å². The minimum absolute atomic E-state index is 0.369. The molecule has 0 radical (unpaired) electrons. The van der Waals surface area contributed by atoms with Gasteiger partial charge in [-0.2, -0.15) is 0 Å². The maximum absolute atomic E-state index is 6.11. The summed E-state index contributed by atoms with van der Waals surface area (Å²) in [6.45, 7) is 4.12. The molecule has 2 aromatic rings. The van der Waals surface area contributed by atoms with Crippen molar-refractivity contribution in [1.82, 2.24) is 10.3 Å². The van der Waals surface area contributed by atoms with E-state index in [0.29, 0.717) is 22.4 Å². The maximum Gasteiger partial charge on any atom is 0.138 e. The van der Waals surface area contributed by atoms with Crippen LogP contribution in [0.3, 0.4) is 0 Å². The summed E-state index contributed by atoms with van der Waals surface area (Å²) in [4.78, 5) is 4.32. The predicted molar refractivity (Wildman–Crippen MR) is 82.4 cm³/mol. The number of nitrogens with zero attached hydrogens (tertiary/aromatic N) is 1. The summed E-state index contributed by atoms with van der Waals surface area (Å²) in [5.74, 6) is 0.710. The third kappa shape index (κ3) is 4.10. The van der Waals surface area contributed by atoms with E-state index in [2.05, 4.69) is 17.2 Å². The van der Waals surface area contributed by atoms with Crippen LogP contribution in [-0.4, -0.2) is 11.5 Å². The van der Waals surface area contributed by atoms with Gasteiger partial charge in [-0.1, -0.05) is 42.3 Å². The summed E-state index contributed by atoms with van der Waals surface area (Å²) < 4.78 is 5.66. The molecule has 1 aromatic heterocycles. The van der Waals surface area contributed by atoms with Crippen molar-refractivity contribution in [3.8, 4) is 5.75 Å². The first kappa shape index (κ1) is 15.1. The highest BCUT2D eigenvalue weighted by atomic mass is 35.5. The van der Waals surface area contributed by atoms with Gasteiger partial charge >= 0.3 is 0 Å². The molecule has 0 spiro atoms. The van der Waals surface area contributed by atoms with Crippen LogP contribution in [-0.2, 0) is 13.2 Å². The van der Waals surface area contributed by atoms with Crippen LogP contribution in [0, 0.1) is 0 Å². The van der Waals surface area contributed by atoms with E-state index in [1.807, 2.05) is 24.3 Å². The Morgan fingerprint density at radius 3 is 2.75 bits per heavy atom. The minimum Gasteiger partial charge on any atom is -0.487 e. The van der Waals surface area contributed by atoms with E-state index in [4.69, 9.17) is 27.9 Å². The minimum atomic E-state index is 0.369. The Hall–Kier alpha value is -1.29. The van der Waals surface area contributed by atoms with Gasteiger partial charge in [-0.05, 0) is 24.7 Å². The van der Waals surface area contributed by atoms with Crippen LogP contribution in [0.25, 0.3) is 0 Å². The first-order valence-corrected chi connectivity index (χ1v) is 7.17. The third-order valence-corrected chi connectivity index (χ3v) is 3.64. The smallest absolute Gasteiger partial charge is 0.138 e. The average Bonchev–Trinajstić information content (AvgIpc) is 2.48. The third-order valence-electron chi connectivity index (χ3n) is 2.78. The molecular formula is C15H16Cl2N2O. The highest BCUT2D eigenvalue weighted by Crippen LogP contribution is 2.26. The van der Waals surface area contributed by atoms with E-state index in [1.54, 1.807) is 12.3 Å². The summed E-state index contributed by atoms with van der Waals surface area (Å²) in [7, 11) is 0. The molecule has 0 aliphatic carbocycles. The molecule has 3 nitrogen and oxygen atoms in total. The summed E-state index contributed by atoms with van der Waals surface area (Å²) in [5.41, 5.74) is 1.84. The zero-order chi connectivity index (χ0) is 14.4. The fourth-order valence-electron chi connectivity index (χ4n) is 1.67. The molecule has 0 saturated carbocycles. The van der Waals surface area contributed by atoms with Gasteiger partial charge in [-0.3, -0.25) is 4.98 Å². The van der Waals surface area contributed by atoms with Crippen LogP contribution in [0.2, 0.25) is 10.0 Å². The van der Waals surface area contributed by atoms with Crippen molar-refractivity contribution in [2.24, 2.45) is 0 Å². The predicted octanol–water partition coefficient (Wildman–Crippen LogP) is 4.08. The molecular weight excluding hydrogens is 295 g/mol. The molecule has 1 aromatic carbocycles. The van der Waals surface area contributed by atoms with Crippen LogP contribution in [0.5, 0.6) is 5.75 Å². The molecule has 5 heteroatoms. The van der Waals surface area contributed by atoms with Crippen molar-refractivity contribution in [3.05, 3.63) is 57.8 Å². The van der Waals surface area contributed by atoms with E-state index in [0.717, 1.165) is 24.3 Å². The molecule has 106 valence electrons. The molecule has 0 aliphatic rings. The van der Waals surface area contributed by atoms with Crippen molar-refractivity contribution in [2.75, 3.05) is 6.54 Å². The average molecular weight is 311 g/mol. The zero-order valence-corrected chi connectivity index (χ0v) is 12.7. The summed E-state index contributed by atoms with van der Waals surface area (Å²) in [5, 5.41) is 4.29. The van der Waals surface area contributed by atoms with Gasteiger partial charge in [0.1, 0.15) is 12.4 Å². The number of aromatic nitrogens is 1. The van der Waals surface area contributed by atoms with Gasteiger partial charge in [0.2, 0.25) is 0 Å². The molecule has 0 saturated heterocycles. The van der Waals surface area contributed by atoms with Crippen molar-refractivity contribution >= 4 is 23.2 Å². The Kier molecular flexibility index (Phi) is 5.65. The Labute approximate surface area is 128 Å². The number of hydrogen-bond donors (Lipinski definition) is 1. The largest absolute Gasteiger partial charge is 0.487 e. The van der Waals surface area contributed by atoms with E-state index < -0.39 is 0 Å². The van der Waals surface area contributed by atoms with Crippen LogP contribution < -0.4 is 10.1 Å². The van der Waals surface area contributed by atoms with Gasteiger partial charge in [0.25, 0.3) is 0 Å².